The van der Waals surface area contributed by atoms with Gasteiger partial charge in [0.05, 0.1) is 17.6 Å². The van der Waals surface area contributed by atoms with Crippen molar-refractivity contribution in [2.75, 3.05) is 13.1 Å². The number of hydrogen-bond donors (Lipinski definition) is 1. The minimum atomic E-state index is 0.0595. The largest absolute Gasteiger partial charge is 0.316 e. The summed E-state index contributed by atoms with van der Waals surface area (Å²) in [5.74, 6) is 0.310. The molecule has 0 saturated carbocycles. The number of hydrogen-bond acceptors (Lipinski definition) is 2. The van der Waals surface area contributed by atoms with E-state index in [1.807, 2.05) is 18.2 Å². The Balaban J connectivity index is 1.76. The van der Waals surface area contributed by atoms with Crippen LogP contribution in [0.25, 0.3) is 5.57 Å². The first kappa shape index (κ1) is 17.8. The first-order valence-electron chi connectivity index (χ1n) is 9.20. The summed E-state index contributed by atoms with van der Waals surface area (Å²) < 4.78 is 2.14. The molecule has 0 fully saturated rings. The Hall–Kier alpha value is -1.55. The summed E-state index contributed by atoms with van der Waals surface area (Å²) in [7, 11) is 0. The lowest BCUT2D eigenvalue weighted by Gasteiger charge is -2.17. The Bertz CT molecular complexity index is 866. The molecule has 136 valence electrons. The molecule has 2 heterocycles. The van der Waals surface area contributed by atoms with Crippen molar-refractivity contribution in [1.29, 1.82) is 0 Å². The summed E-state index contributed by atoms with van der Waals surface area (Å²) in [5, 5.41) is 9.38. The zero-order chi connectivity index (χ0) is 18.1. The third kappa shape index (κ3) is 3.48. The van der Waals surface area contributed by atoms with Crippen LogP contribution in [0.3, 0.4) is 0 Å². The predicted molar refractivity (Wildman–Crippen MR) is 109 cm³/mol. The Morgan fingerprint density at radius 1 is 1.23 bits per heavy atom. The Morgan fingerprint density at radius 2 is 2.04 bits per heavy atom. The van der Waals surface area contributed by atoms with Gasteiger partial charge in [0, 0.05) is 29.2 Å². The zero-order valence-electron chi connectivity index (χ0n) is 14.9. The molecule has 26 heavy (non-hydrogen) atoms. The van der Waals surface area contributed by atoms with Crippen molar-refractivity contribution in [1.82, 2.24) is 15.1 Å². The predicted octanol–water partition coefficient (Wildman–Crippen LogP) is 4.47. The topological polar surface area (TPSA) is 29.9 Å². The van der Waals surface area contributed by atoms with Crippen LogP contribution >= 0.6 is 23.2 Å². The van der Waals surface area contributed by atoms with Crippen LogP contribution in [0, 0.1) is 5.92 Å². The Labute approximate surface area is 164 Å². The van der Waals surface area contributed by atoms with Gasteiger partial charge in [-0.05, 0) is 36.1 Å². The number of aromatic nitrogens is 2. The van der Waals surface area contributed by atoms with Gasteiger partial charge in [0.25, 0.3) is 0 Å². The zero-order valence-corrected chi connectivity index (χ0v) is 16.4. The van der Waals surface area contributed by atoms with Crippen molar-refractivity contribution in [2.45, 2.75) is 31.7 Å². The van der Waals surface area contributed by atoms with Crippen LogP contribution in [0.2, 0.25) is 5.02 Å². The number of fused-ring (bicyclic) bond motifs is 1. The van der Waals surface area contributed by atoms with E-state index < -0.39 is 0 Å². The highest BCUT2D eigenvalue weighted by Gasteiger charge is 2.24. The van der Waals surface area contributed by atoms with E-state index in [4.69, 9.17) is 28.3 Å². The molecule has 0 amide bonds. The lowest BCUT2D eigenvalue weighted by Crippen LogP contribution is -2.18. The number of benzene rings is 1. The smallest absolute Gasteiger partial charge is 0.0955 e. The number of nitrogens with one attached hydrogen (secondary N) is 1. The van der Waals surface area contributed by atoms with Crippen molar-refractivity contribution in [2.24, 2.45) is 5.92 Å². The highest BCUT2D eigenvalue weighted by Crippen LogP contribution is 2.31. The summed E-state index contributed by atoms with van der Waals surface area (Å²) in [5.41, 5.74) is 6.07. The van der Waals surface area contributed by atoms with Crippen molar-refractivity contribution in [3.8, 4) is 0 Å². The van der Waals surface area contributed by atoms with Crippen molar-refractivity contribution in [3.05, 3.63) is 70.0 Å². The maximum absolute atomic E-state index is 6.39. The molecular weight excluding hydrogens is 365 g/mol. The van der Waals surface area contributed by atoms with Crippen molar-refractivity contribution >= 4 is 28.8 Å². The molecular formula is C21H23Cl2N3. The van der Waals surface area contributed by atoms with Crippen LogP contribution in [0.1, 0.15) is 29.4 Å². The van der Waals surface area contributed by atoms with Crippen LogP contribution in [-0.2, 0) is 19.4 Å². The summed E-state index contributed by atoms with van der Waals surface area (Å²) in [4.78, 5) is 0. The molecule has 3 nitrogen and oxygen atoms in total. The molecule has 1 aliphatic heterocycles. The molecule has 0 radical (unpaired) electrons. The first-order chi connectivity index (χ1) is 12.6. The van der Waals surface area contributed by atoms with Gasteiger partial charge in [-0.1, -0.05) is 55.0 Å². The maximum atomic E-state index is 6.39. The Kier molecular flexibility index (Phi) is 5.21. The fourth-order valence-corrected chi connectivity index (χ4v) is 4.07. The molecule has 2 aliphatic rings. The van der Waals surface area contributed by atoms with E-state index in [-0.39, 0.29) is 5.38 Å². The van der Waals surface area contributed by atoms with Gasteiger partial charge >= 0.3 is 0 Å². The van der Waals surface area contributed by atoms with E-state index in [1.165, 1.54) is 16.8 Å². The molecule has 0 saturated heterocycles. The molecule has 5 heteroatoms. The molecule has 2 aromatic rings. The van der Waals surface area contributed by atoms with Gasteiger partial charge in [-0.25, -0.2) is 0 Å². The van der Waals surface area contributed by atoms with Gasteiger partial charge in [-0.3, -0.25) is 4.68 Å². The summed E-state index contributed by atoms with van der Waals surface area (Å²) >= 11 is 12.7. The number of nitrogens with zero attached hydrogens (tertiary/aromatic N) is 2. The van der Waals surface area contributed by atoms with E-state index >= 15 is 0 Å². The minimum absolute atomic E-state index is 0.0595. The summed E-state index contributed by atoms with van der Waals surface area (Å²) in [6, 6.07) is 8.01. The molecule has 2 atom stereocenters. The fraction of sp³-hybridized carbons (Fsp3) is 0.381. The second-order valence-electron chi connectivity index (χ2n) is 7.06. The highest BCUT2D eigenvalue weighted by atomic mass is 35.5. The van der Waals surface area contributed by atoms with Crippen LogP contribution in [-0.4, -0.2) is 28.2 Å². The molecule has 1 aromatic heterocycles. The monoisotopic (exact) mass is 387 g/mol. The van der Waals surface area contributed by atoms with E-state index in [0.29, 0.717) is 12.5 Å². The second kappa shape index (κ2) is 7.59. The van der Waals surface area contributed by atoms with Crippen LogP contribution < -0.4 is 5.32 Å². The number of halogens is 2. The average molecular weight is 388 g/mol. The average Bonchev–Trinajstić information content (AvgIpc) is 2.81. The van der Waals surface area contributed by atoms with Gasteiger partial charge in [-0.2, -0.15) is 5.10 Å². The lowest BCUT2D eigenvalue weighted by molar-refractivity contribution is 0.625. The number of allylic oxidation sites excluding steroid dienone is 4. The third-order valence-electron chi connectivity index (χ3n) is 5.21. The van der Waals surface area contributed by atoms with Gasteiger partial charge in [0.1, 0.15) is 0 Å². The van der Waals surface area contributed by atoms with Crippen LogP contribution in [0.4, 0.5) is 0 Å². The van der Waals surface area contributed by atoms with E-state index in [1.54, 1.807) is 0 Å². The maximum Gasteiger partial charge on any atom is 0.0955 e. The summed E-state index contributed by atoms with van der Waals surface area (Å²) in [6.07, 6.45) is 8.43. The van der Waals surface area contributed by atoms with Gasteiger partial charge in [0.15, 0.2) is 0 Å². The molecule has 2 unspecified atom stereocenters. The molecule has 1 N–H and O–H groups in total. The SMILES string of the molecule is CC1C=C(c2nn(Cc3ccccc3Cl)c3c2CCNCC3)C=CC1Cl. The lowest BCUT2D eigenvalue weighted by atomic mass is 9.93. The van der Waals surface area contributed by atoms with E-state index in [9.17, 15) is 0 Å². The van der Waals surface area contributed by atoms with Crippen molar-refractivity contribution in [3.63, 3.8) is 0 Å². The Morgan fingerprint density at radius 3 is 2.85 bits per heavy atom. The van der Waals surface area contributed by atoms with Gasteiger partial charge < -0.3 is 5.32 Å². The normalized spacial score (nSPS) is 22.7. The quantitative estimate of drug-likeness (QED) is 0.787. The second-order valence-corrected chi connectivity index (χ2v) is 7.97. The molecule has 1 aromatic carbocycles. The number of alkyl halides is 1. The first-order valence-corrected chi connectivity index (χ1v) is 10.0. The molecule has 4 rings (SSSR count). The van der Waals surface area contributed by atoms with Gasteiger partial charge in [0.2, 0.25) is 0 Å². The van der Waals surface area contributed by atoms with Gasteiger partial charge in [-0.15, -0.1) is 11.6 Å². The number of rotatable bonds is 3. The van der Waals surface area contributed by atoms with E-state index in [0.717, 1.165) is 42.2 Å². The van der Waals surface area contributed by atoms with Crippen LogP contribution in [0.15, 0.2) is 42.5 Å². The fourth-order valence-electron chi connectivity index (χ4n) is 3.73. The van der Waals surface area contributed by atoms with E-state index in [2.05, 4.69) is 41.2 Å². The summed E-state index contributed by atoms with van der Waals surface area (Å²) in [6.45, 7) is 4.83. The minimum Gasteiger partial charge on any atom is -0.316 e. The molecule has 0 bridgehead atoms. The third-order valence-corrected chi connectivity index (χ3v) is 6.12. The standard InChI is InChI=1S/C21H23Cl2N3/c1-14-12-15(6-7-18(14)22)21-17-8-10-24-11-9-20(17)26(25-21)13-16-4-2-3-5-19(16)23/h2-7,12,14,18,24H,8-11,13H2,1H3. The van der Waals surface area contributed by atoms with Crippen molar-refractivity contribution < 1.29 is 0 Å². The molecule has 1 aliphatic carbocycles. The highest BCUT2D eigenvalue weighted by molar-refractivity contribution is 6.31. The van der Waals surface area contributed by atoms with Crippen LogP contribution in [0.5, 0.6) is 0 Å². The molecule has 0 spiro atoms.